The molecule has 3 aromatic rings. The second kappa shape index (κ2) is 6.45. The Kier molecular flexibility index (Phi) is 4.12. The van der Waals surface area contributed by atoms with Crippen molar-refractivity contribution in [2.24, 2.45) is 4.99 Å². The molecule has 2 nitrogen and oxygen atoms in total. The van der Waals surface area contributed by atoms with Crippen molar-refractivity contribution >= 4 is 17.1 Å². The number of fused-ring (bicyclic) bond motifs is 1. The Morgan fingerprint density at radius 1 is 0.808 bits per heavy atom. The van der Waals surface area contributed by atoms with Crippen LogP contribution >= 0.6 is 0 Å². The van der Waals surface area contributed by atoms with Crippen molar-refractivity contribution in [3.8, 4) is 0 Å². The summed E-state index contributed by atoms with van der Waals surface area (Å²) in [5, 5.41) is 3.77. The Hall–Kier alpha value is -2.87. The molecule has 0 aliphatic carbocycles. The molecule has 0 radical (unpaired) electrons. The fraction of sp³-hybridized carbons (Fsp3) is 0.208. The maximum Gasteiger partial charge on any atom is 0.0864 e. The van der Waals surface area contributed by atoms with E-state index >= 15 is 0 Å². The van der Waals surface area contributed by atoms with Gasteiger partial charge in [0.15, 0.2) is 0 Å². The molecule has 3 aromatic carbocycles. The first-order valence-corrected chi connectivity index (χ1v) is 9.12. The average Bonchev–Trinajstić information content (AvgIpc) is 2.79. The van der Waals surface area contributed by atoms with E-state index in [0.717, 1.165) is 23.5 Å². The van der Waals surface area contributed by atoms with Crippen LogP contribution in [-0.2, 0) is 5.54 Å². The Bertz CT molecular complexity index is 952. The second-order valence-corrected chi connectivity index (χ2v) is 7.44. The van der Waals surface area contributed by atoms with Gasteiger partial charge in [0, 0.05) is 6.42 Å². The Balaban J connectivity index is 1.84. The highest BCUT2D eigenvalue weighted by Gasteiger charge is 2.31. The highest BCUT2D eigenvalue weighted by atomic mass is 15.0. The maximum atomic E-state index is 5.03. The number of anilines is 1. The lowest BCUT2D eigenvalue weighted by Gasteiger charge is -2.32. The third-order valence-corrected chi connectivity index (χ3v) is 5.16. The topological polar surface area (TPSA) is 24.4 Å². The molecule has 130 valence electrons. The van der Waals surface area contributed by atoms with Crippen molar-refractivity contribution in [1.82, 2.24) is 0 Å². The monoisotopic (exact) mass is 340 g/mol. The standard InChI is InChI=1S/C24H24N2/c1-17-8-12-19(13-9-17)23-16-24(3,20-14-10-18(2)11-15-20)26-22-7-5-4-6-21(22)25-23/h4-15,26H,16H2,1-3H3/t24-/m1/s1. The maximum absolute atomic E-state index is 5.03. The zero-order valence-electron chi connectivity index (χ0n) is 15.6. The van der Waals surface area contributed by atoms with Gasteiger partial charge >= 0.3 is 0 Å². The molecule has 0 saturated carbocycles. The van der Waals surface area contributed by atoms with Crippen LogP contribution in [0.15, 0.2) is 77.8 Å². The van der Waals surface area contributed by atoms with Crippen molar-refractivity contribution in [1.29, 1.82) is 0 Å². The van der Waals surface area contributed by atoms with Crippen molar-refractivity contribution in [2.75, 3.05) is 5.32 Å². The molecule has 0 fully saturated rings. The number of nitrogens with one attached hydrogen (secondary N) is 1. The van der Waals surface area contributed by atoms with Gasteiger partial charge in [0.1, 0.15) is 0 Å². The van der Waals surface area contributed by atoms with Gasteiger partial charge in [-0.1, -0.05) is 71.8 Å². The van der Waals surface area contributed by atoms with E-state index in [1.165, 1.54) is 22.3 Å². The van der Waals surface area contributed by atoms with E-state index in [4.69, 9.17) is 4.99 Å². The molecule has 2 heteroatoms. The van der Waals surface area contributed by atoms with Gasteiger partial charge in [-0.05, 0) is 44.0 Å². The SMILES string of the molecule is Cc1ccc(C2=Nc3ccccc3N[C@@](C)(c3ccc(C)cc3)C2)cc1. The van der Waals surface area contributed by atoms with Gasteiger partial charge in [-0.2, -0.15) is 0 Å². The Morgan fingerprint density at radius 3 is 2.12 bits per heavy atom. The zero-order valence-corrected chi connectivity index (χ0v) is 15.6. The van der Waals surface area contributed by atoms with Crippen LogP contribution in [0.1, 0.15) is 35.6 Å². The minimum absolute atomic E-state index is 0.218. The number of benzene rings is 3. The van der Waals surface area contributed by atoms with Gasteiger partial charge < -0.3 is 5.32 Å². The number of para-hydroxylation sites is 2. The highest BCUT2D eigenvalue weighted by Crippen LogP contribution is 2.39. The number of hydrogen-bond acceptors (Lipinski definition) is 2. The lowest BCUT2D eigenvalue weighted by Crippen LogP contribution is -2.33. The Morgan fingerprint density at radius 2 is 1.42 bits per heavy atom. The van der Waals surface area contributed by atoms with E-state index in [2.05, 4.69) is 92.8 Å². The molecule has 26 heavy (non-hydrogen) atoms. The first kappa shape index (κ1) is 16.6. The smallest absolute Gasteiger partial charge is 0.0864 e. The van der Waals surface area contributed by atoms with Crippen molar-refractivity contribution in [3.63, 3.8) is 0 Å². The first-order chi connectivity index (χ1) is 12.5. The van der Waals surface area contributed by atoms with Crippen LogP contribution in [0.25, 0.3) is 0 Å². The van der Waals surface area contributed by atoms with E-state index in [0.29, 0.717) is 0 Å². The average molecular weight is 340 g/mol. The fourth-order valence-electron chi connectivity index (χ4n) is 3.55. The normalized spacial score (nSPS) is 19.1. The lowest BCUT2D eigenvalue weighted by molar-refractivity contribution is 0.571. The van der Waals surface area contributed by atoms with Crippen molar-refractivity contribution < 1.29 is 0 Å². The van der Waals surface area contributed by atoms with Crippen LogP contribution in [0.2, 0.25) is 0 Å². The van der Waals surface area contributed by atoms with Crippen LogP contribution in [-0.4, -0.2) is 5.71 Å². The van der Waals surface area contributed by atoms with Crippen LogP contribution in [0.4, 0.5) is 11.4 Å². The fourth-order valence-corrected chi connectivity index (χ4v) is 3.55. The van der Waals surface area contributed by atoms with E-state index in [1.807, 2.05) is 6.07 Å². The summed E-state index contributed by atoms with van der Waals surface area (Å²) in [5.41, 5.74) is 7.99. The Labute approximate surface area is 155 Å². The largest absolute Gasteiger partial charge is 0.374 e. The summed E-state index contributed by atoms with van der Waals surface area (Å²) in [6.45, 7) is 6.51. The summed E-state index contributed by atoms with van der Waals surface area (Å²) in [6, 6.07) is 25.8. The van der Waals surface area contributed by atoms with E-state index in [-0.39, 0.29) is 5.54 Å². The minimum Gasteiger partial charge on any atom is -0.374 e. The molecule has 1 heterocycles. The zero-order chi connectivity index (χ0) is 18.1. The molecule has 4 rings (SSSR count). The predicted octanol–water partition coefficient (Wildman–Crippen LogP) is 6.16. The minimum atomic E-state index is -0.218. The van der Waals surface area contributed by atoms with E-state index < -0.39 is 0 Å². The first-order valence-electron chi connectivity index (χ1n) is 9.12. The summed E-state index contributed by atoms with van der Waals surface area (Å²) in [4.78, 5) is 5.03. The van der Waals surface area contributed by atoms with Crippen LogP contribution < -0.4 is 5.32 Å². The number of rotatable bonds is 2. The molecular weight excluding hydrogens is 316 g/mol. The van der Waals surface area contributed by atoms with Gasteiger partial charge in [0.2, 0.25) is 0 Å². The lowest BCUT2D eigenvalue weighted by atomic mass is 9.84. The molecule has 0 amide bonds. The number of aryl methyl sites for hydroxylation is 2. The molecule has 1 aliphatic heterocycles. The molecule has 1 N–H and O–H groups in total. The summed E-state index contributed by atoms with van der Waals surface area (Å²) in [5.74, 6) is 0. The van der Waals surface area contributed by atoms with E-state index in [9.17, 15) is 0 Å². The van der Waals surface area contributed by atoms with Crippen LogP contribution in [0.5, 0.6) is 0 Å². The van der Waals surface area contributed by atoms with Gasteiger partial charge in [0.25, 0.3) is 0 Å². The summed E-state index contributed by atoms with van der Waals surface area (Å²) < 4.78 is 0. The molecule has 1 atom stereocenters. The predicted molar refractivity (Wildman–Crippen MR) is 111 cm³/mol. The van der Waals surface area contributed by atoms with Crippen molar-refractivity contribution in [2.45, 2.75) is 32.7 Å². The van der Waals surface area contributed by atoms with E-state index in [1.54, 1.807) is 0 Å². The van der Waals surface area contributed by atoms with Gasteiger partial charge in [-0.25, -0.2) is 0 Å². The van der Waals surface area contributed by atoms with Crippen LogP contribution in [0.3, 0.4) is 0 Å². The molecule has 0 saturated heterocycles. The third-order valence-electron chi connectivity index (χ3n) is 5.16. The molecular formula is C24H24N2. The molecule has 0 bridgehead atoms. The van der Waals surface area contributed by atoms with Crippen LogP contribution in [0, 0.1) is 13.8 Å². The van der Waals surface area contributed by atoms with Gasteiger partial charge in [0.05, 0.1) is 22.6 Å². The third kappa shape index (κ3) is 3.15. The summed E-state index contributed by atoms with van der Waals surface area (Å²) >= 11 is 0. The van der Waals surface area contributed by atoms with Crippen molar-refractivity contribution in [3.05, 3.63) is 95.1 Å². The number of aliphatic imine (C=N–C) groups is 1. The van der Waals surface area contributed by atoms with Gasteiger partial charge in [-0.15, -0.1) is 0 Å². The quantitative estimate of drug-likeness (QED) is 0.594. The molecule has 1 aliphatic rings. The van der Waals surface area contributed by atoms with Gasteiger partial charge in [-0.3, -0.25) is 4.99 Å². The number of hydrogen-bond donors (Lipinski definition) is 1. The summed E-state index contributed by atoms with van der Waals surface area (Å²) in [6.07, 6.45) is 0.827. The molecule has 0 unspecified atom stereocenters. The second-order valence-electron chi connectivity index (χ2n) is 7.44. The highest BCUT2D eigenvalue weighted by molar-refractivity contribution is 6.04. The summed E-state index contributed by atoms with van der Waals surface area (Å²) in [7, 11) is 0. The number of nitrogens with zero attached hydrogens (tertiary/aromatic N) is 1. The molecule has 0 aromatic heterocycles. The molecule has 0 spiro atoms.